The molecule has 108 valence electrons. The second-order valence-electron chi connectivity index (χ2n) is 5.52. The SMILES string of the molecule is Cc1cc(C(=O)C2CCOc3ccccc32)cc(C)c1F. The highest BCUT2D eigenvalue weighted by Crippen LogP contribution is 2.35. The summed E-state index contributed by atoms with van der Waals surface area (Å²) < 4.78 is 19.3. The van der Waals surface area contributed by atoms with Crippen molar-refractivity contribution in [3.63, 3.8) is 0 Å². The fourth-order valence-corrected chi connectivity index (χ4v) is 2.90. The molecule has 1 aliphatic heterocycles. The number of rotatable bonds is 2. The van der Waals surface area contributed by atoms with Crippen LogP contribution < -0.4 is 4.74 Å². The quantitative estimate of drug-likeness (QED) is 0.773. The maximum Gasteiger partial charge on any atom is 0.170 e. The number of hydrogen-bond donors (Lipinski definition) is 0. The van der Waals surface area contributed by atoms with Gasteiger partial charge in [-0.05, 0) is 49.6 Å². The Morgan fingerprint density at radius 1 is 1.19 bits per heavy atom. The van der Waals surface area contributed by atoms with E-state index in [4.69, 9.17) is 4.74 Å². The zero-order chi connectivity index (χ0) is 15.0. The number of carbonyl (C=O) groups is 1. The van der Waals surface area contributed by atoms with Crippen molar-refractivity contribution in [1.82, 2.24) is 0 Å². The molecule has 0 amide bonds. The lowest BCUT2D eigenvalue weighted by Gasteiger charge is -2.25. The van der Waals surface area contributed by atoms with Gasteiger partial charge in [-0.3, -0.25) is 4.79 Å². The number of Topliss-reactive ketones (excluding diaryl/α,β-unsaturated/α-hetero) is 1. The number of hydrogen-bond acceptors (Lipinski definition) is 2. The summed E-state index contributed by atoms with van der Waals surface area (Å²) in [7, 11) is 0. The number of carbonyl (C=O) groups excluding carboxylic acids is 1. The van der Waals surface area contributed by atoms with Gasteiger partial charge in [0.05, 0.1) is 12.5 Å². The Labute approximate surface area is 123 Å². The highest BCUT2D eigenvalue weighted by Gasteiger charge is 2.28. The van der Waals surface area contributed by atoms with Crippen LogP contribution in [0.4, 0.5) is 4.39 Å². The van der Waals surface area contributed by atoms with Crippen LogP contribution in [-0.4, -0.2) is 12.4 Å². The third-order valence-electron chi connectivity index (χ3n) is 4.00. The zero-order valence-electron chi connectivity index (χ0n) is 12.2. The Balaban J connectivity index is 2.00. The van der Waals surface area contributed by atoms with Crippen molar-refractivity contribution >= 4 is 5.78 Å². The van der Waals surface area contributed by atoms with Crippen molar-refractivity contribution in [3.05, 3.63) is 64.5 Å². The zero-order valence-corrected chi connectivity index (χ0v) is 12.2. The molecule has 1 aliphatic rings. The summed E-state index contributed by atoms with van der Waals surface area (Å²) >= 11 is 0. The Bertz CT molecular complexity index is 683. The highest BCUT2D eigenvalue weighted by molar-refractivity contribution is 6.01. The highest BCUT2D eigenvalue weighted by atomic mass is 19.1. The molecule has 0 fully saturated rings. The second-order valence-corrected chi connectivity index (χ2v) is 5.52. The predicted octanol–water partition coefficient (Wildman–Crippen LogP) is 4.19. The van der Waals surface area contributed by atoms with Gasteiger partial charge < -0.3 is 4.74 Å². The first-order valence-electron chi connectivity index (χ1n) is 7.10. The molecular weight excluding hydrogens is 267 g/mol. The van der Waals surface area contributed by atoms with Crippen molar-refractivity contribution in [3.8, 4) is 5.75 Å². The van der Waals surface area contributed by atoms with Crippen LogP contribution in [0.5, 0.6) is 5.75 Å². The van der Waals surface area contributed by atoms with E-state index < -0.39 is 0 Å². The Hall–Kier alpha value is -2.16. The third kappa shape index (κ3) is 2.44. The summed E-state index contributed by atoms with van der Waals surface area (Å²) in [6.45, 7) is 3.92. The molecule has 21 heavy (non-hydrogen) atoms. The van der Waals surface area contributed by atoms with Crippen LogP contribution in [0.25, 0.3) is 0 Å². The molecule has 1 atom stereocenters. The monoisotopic (exact) mass is 284 g/mol. The Morgan fingerprint density at radius 3 is 2.57 bits per heavy atom. The maximum absolute atomic E-state index is 13.7. The summed E-state index contributed by atoms with van der Waals surface area (Å²) in [6, 6.07) is 10.9. The first kappa shape index (κ1) is 13.8. The van der Waals surface area contributed by atoms with Crippen molar-refractivity contribution in [2.75, 3.05) is 6.61 Å². The maximum atomic E-state index is 13.7. The second kappa shape index (κ2) is 5.32. The van der Waals surface area contributed by atoms with Gasteiger partial charge in [0.2, 0.25) is 0 Å². The van der Waals surface area contributed by atoms with Crippen LogP contribution in [0.1, 0.15) is 39.4 Å². The molecular formula is C18H17FO2. The minimum Gasteiger partial charge on any atom is -0.493 e. The number of ether oxygens (including phenoxy) is 1. The van der Waals surface area contributed by atoms with E-state index >= 15 is 0 Å². The summed E-state index contributed by atoms with van der Waals surface area (Å²) in [6.07, 6.45) is 0.658. The molecule has 0 saturated heterocycles. The summed E-state index contributed by atoms with van der Waals surface area (Å²) in [4.78, 5) is 12.8. The Kier molecular flexibility index (Phi) is 3.50. The van der Waals surface area contributed by atoms with Gasteiger partial charge in [0.1, 0.15) is 11.6 Å². The minimum absolute atomic E-state index is 0.0388. The number of aryl methyl sites for hydroxylation is 2. The van der Waals surface area contributed by atoms with Crippen molar-refractivity contribution < 1.29 is 13.9 Å². The number of ketones is 1. The van der Waals surface area contributed by atoms with Gasteiger partial charge in [-0.2, -0.15) is 0 Å². The van der Waals surface area contributed by atoms with Crippen molar-refractivity contribution in [1.29, 1.82) is 0 Å². The average Bonchev–Trinajstić information content (AvgIpc) is 2.51. The standard InChI is InChI=1S/C18H17FO2/c1-11-9-13(10-12(2)17(11)19)18(20)15-7-8-21-16-6-4-3-5-14(15)16/h3-6,9-10,15H,7-8H2,1-2H3. The van der Waals surface area contributed by atoms with E-state index in [-0.39, 0.29) is 17.5 Å². The molecule has 0 saturated carbocycles. The van der Waals surface area contributed by atoms with Crippen LogP contribution in [0.3, 0.4) is 0 Å². The lowest BCUT2D eigenvalue weighted by Crippen LogP contribution is -2.21. The molecule has 3 rings (SSSR count). The van der Waals surface area contributed by atoms with Gasteiger partial charge >= 0.3 is 0 Å². The largest absolute Gasteiger partial charge is 0.493 e. The van der Waals surface area contributed by atoms with E-state index in [0.717, 1.165) is 11.3 Å². The molecule has 2 aromatic rings. The minimum atomic E-state index is -0.237. The molecule has 0 N–H and O–H groups in total. The number of halogens is 1. The number of fused-ring (bicyclic) bond motifs is 1. The number of para-hydroxylation sites is 1. The molecule has 0 spiro atoms. The van der Waals surface area contributed by atoms with Crippen LogP contribution in [-0.2, 0) is 0 Å². The van der Waals surface area contributed by atoms with Crippen molar-refractivity contribution in [2.45, 2.75) is 26.2 Å². The van der Waals surface area contributed by atoms with Gasteiger partial charge in [-0.1, -0.05) is 18.2 Å². The topological polar surface area (TPSA) is 26.3 Å². The summed E-state index contributed by atoms with van der Waals surface area (Å²) in [5.74, 6) is 0.368. The van der Waals surface area contributed by atoms with Crippen LogP contribution in [0, 0.1) is 19.7 Å². The summed E-state index contributed by atoms with van der Waals surface area (Å²) in [5, 5.41) is 0. The Morgan fingerprint density at radius 2 is 1.86 bits per heavy atom. The predicted molar refractivity (Wildman–Crippen MR) is 79.5 cm³/mol. The van der Waals surface area contributed by atoms with E-state index in [2.05, 4.69) is 0 Å². The first-order chi connectivity index (χ1) is 10.1. The molecule has 2 nitrogen and oxygen atoms in total. The molecule has 0 bridgehead atoms. The lowest BCUT2D eigenvalue weighted by molar-refractivity contribution is 0.0933. The van der Waals surface area contributed by atoms with E-state index in [1.807, 2.05) is 24.3 Å². The van der Waals surface area contributed by atoms with Gasteiger partial charge in [0.25, 0.3) is 0 Å². The molecule has 1 heterocycles. The van der Waals surface area contributed by atoms with Crippen LogP contribution in [0.2, 0.25) is 0 Å². The number of benzene rings is 2. The summed E-state index contributed by atoms with van der Waals surface area (Å²) in [5.41, 5.74) is 2.53. The lowest BCUT2D eigenvalue weighted by atomic mass is 9.85. The molecule has 1 unspecified atom stereocenters. The van der Waals surface area contributed by atoms with E-state index in [1.54, 1.807) is 26.0 Å². The van der Waals surface area contributed by atoms with Gasteiger partial charge in [-0.25, -0.2) is 4.39 Å². The molecule has 0 radical (unpaired) electrons. The molecule has 2 aromatic carbocycles. The first-order valence-corrected chi connectivity index (χ1v) is 7.10. The molecule has 3 heteroatoms. The van der Waals surface area contributed by atoms with Crippen LogP contribution in [0.15, 0.2) is 36.4 Å². The normalized spacial score (nSPS) is 17.0. The van der Waals surface area contributed by atoms with Gasteiger partial charge in [0, 0.05) is 11.1 Å². The van der Waals surface area contributed by atoms with Crippen LogP contribution >= 0.6 is 0 Å². The van der Waals surface area contributed by atoms with E-state index in [0.29, 0.717) is 29.7 Å². The average molecular weight is 284 g/mol. The molecule has 0 aromatic heterocycles. The third-order valence-corrected chi connectivity index (χ3v) is 4.00. The van der Waals surface area contributed by atoms with Gasteiger partial charge in [-0.15, -0.1) is 0 Å². The van der Waals surface area contributed by atoms with E-state index in [9.17, 15) is 9.18 Å². The van der Waals surface area contributed by atoms with Crippen molar-refractivity contribution in [2.24, 2.45) is 0 Å². The van der Waals surface area contributed by atoms with Gasteiger partial charge in [0.15, 0.2) is 5.78 Å². The fraction of sp³-hybridized carbons (Fsp3) is 0.278. The van der Waals surface area contributed by atoms with E-state index in [1.165, 1.54) is 0 Å². The smallest absolute Gasteiger partial charge is 0.170 e. The molecule has 0 aliphatic carbocycles. The fourth-order valence-electron chi connectivity index (χ4n) is 2.90.